The highest BCUT2D eigenvalue weighted by Gasteiger charge is 2.27. The van der Waals surface area contributed by atoms with Crippen LogP contribution in [0, 0.1) is 17.0 Å². The quantitative estimate of drug-likeness (QED) is 0.370. The van der Waals surface area contributed by atoms with Gasteiger partial charge in [0, 0.05) is 24.7 Å². The van der Waals surface area contributed by atoms with Gasteiger partial charge in [-0.1, -0.05) is 85.4 Å². The summed E-state index contributed by atoms with van der Waals surface area (Å²) < 4.78 is 27.2. The van der Waals surface area contributed by atoms with Gasteiger partial charge < -0.3 is 15.5 Å². The highest BCUT2D eigenvalue weighted by atomic mass is 19.1. The van der Waals surface area contributed by atoms with Gasteiger partial charge in [-0.2, -0.15) is 0 Å². The monoisotopic (exact) mass is 531 g/mol. The lowest BCUT2D eigenvalue weighted by Crippen LogP contribution is -2.44. The molecule has 5 nitrogen and oxygen atoms in total. The minimum atomic E-state index is -0.492. The summed E-state index contributed by atoms with van der Waals surface area (Å²) in [5.74, 6) is -0.898. The molecule has 212 valence electrons. The van der Waals surface area contributed by atoms with Crippen molar-refractivity contribution in [2.75, 3.05) is 19.6 Å². The number of carbonyl (C=O) groups is 2. The summed E-state index contributed by atoms with van der Waals surface area (Å²) in [6.45, 7) is 16.0. The molecule has 2 aromatic rings. The first-order valence-corrected chi connectivity index (χ1v) is 13.0. The van der Waals surface area contributed by atoms with Crippen LogP contribution in [0.3, 0.4) is 0 Å². The summed E-state index contributed by atoms with van der Waals surface area (Å²) >= 11 is 0. The molecule has 0 radical (unpaired) electrons. The molecule has 0 aromatic heterocycles. The van der Waals surface area contributed by atoms with Crippen LogP contribution in [0.25, 0.3) is 5.57 Å². The topological polar surface area (TPSA) is 61.4 Å². The third-order valence-electron chi connectivity index (χ3n) is 5.96. The molecule has 0 fully saturated rings. The number of hydrogen-bond donors (Lipinski definition) is 2. The molecule has 0 aliphatic carbocycles. The lowest BCUT2D eigenvalue weighted by atomic mass is 9.85. The normalized spacial score (nSPS) is 15.0. The van der Waals surface area contributed by atoms with E-state index >= 15 is 0 Å². The molecule has 2 aromatic carbocycles. The number of nitrogens with zero attached hydrogens (tertiary/aromatic N) is 1. The third-order valence-corrected chi connectivity index (χ3v) is 5.96. The van der Waals surface area contributed by atoms with E-state index < -0.39 is 11.6 Å². The van der Waals surface area contributed by atoms with Crippen molar-refractivity contribution in [1.29, 1.82) is 0 Å². The van der Waals surface area contributed by atoms with E-state index in [0.717, 1.165) is 36.6 Å². The zero-order chi connectivity index (χ0) is 28.0. The van der Waals surface area contributed by atoms with Gasteiger partial charge >= 0.3 is 0 Å². The molecule has 7 heteroatoms. The van der Waals surface area contributed by atoms with Crippen LogP contribution >= 0.6 is 0 Å². The van der Waals surface area contributed by atoms with Crippen molar-refractivity contribution in [2.24, 2.45) is 5.41 Å². The third kappa shape index (κ3) is 10.7. The number of carbonyl (C=O) groups excluding carboxylic acids is 2. The average molecular weight is 532 g/mol. The summed E-state index contributed by atoms with van der Waals surface area (Å²) in [6.07, 6.45) is 3.59. The second kappa shape index (κ2) is 17.4. The Balaban J connectivity index is 0.000000711. The second-order valence-corrected chi connectivity index (χ2v) is 9.61. The van der Waals surface area contributed by atoms with Crippen LogP contribution in [-0.4, -0.2) is 42.9 Å². The summed E-state index contributed by atoms with van der Waals surface area (Å²) in [7, 11) is 0. The van der Waals surface area contributed by atoms with E-state index in [1.807, 2.05) is 57.2 Å². The number of likely N-dealkylation sites (N-methyl/N-ethyl adjacent to an activating group) is 1. The first kappa shape index (κ1) is 34.9. The Hall–Kier alpha value is -3.06. The van der Waals surface area contributed by atoms with Crippen LogP contribution in [0.4, 0.5) is 8.78 Å². The molecule has 0 saturated carbocycles. The average Bonchev–Trinajstić information content (AvgIpc) is 3.32. The Kier molecular flexibility index (Phi) is 16.0. The van der Waals surface area contributed by atoms with Crippen molar-refractivity contribution >= 4 is 17.9 Å². The molecule has 2 N–H and O–H groups in total. The van der Waals surface area contributed by atoms with Crippen LogP contribution in [0.5, 0.6) is 0 Å². The number of benzene rings is 2. The van der Waals surface area contributed by atoms with Gasteiger partial charge in [0.15, 0.2) is 0 Å². The minimum Gasteiger partial charge on any atom is -0.355 e. The van der Waals surface area contributed by atoms with Crippen molar-refractivity contribution in [3.8, 4) is 0 Å². The highest BCUT2D eigenvalue weighted by molar-refractivity contribution is 5.78. The molecule has 0 unspecified atom stereocenters. The smallest absolute Gasteiger partial charge is 0.233 e. The van der Waals surface area contributed by atoms with Crippen molar-refractivity contribution in [1.82, 2.24) is 15.5 Å². The zero-order valence-corrected chi connectivity index (χ0v) is 23.3. The lowest BCUT2D eigenvalue weighted by Gasteiger charge is -2.30. The predicted octanol–water partition coefficient (Wildman–Crippen LogP) is 6.76. The van der Waals surface area contributed by atoms with Gasteiger partial charge in [0.1, 0.15) is 11.6 Å². The maximum Gasteiger partial charge on any atom is 0.233 e. The summed E-state index contributed by atoms with van der Waals surface area (Å²) in [6, 6.07) is 13.0. The Bertz CT molecular complexity index is 1000. The number of rotatable bonds is 8. The van der Waals surface area contributed by atoms with Crippen LogP contribution < -0.4 is 10.6 Å². The van der Waals surface area contributed by atoms with Gasteiger partial charge in [0.05, 0.1) is 12.6 Å². The Labute approximate surface area is 228 Å². The van der Waals surface area contributed by atoms with E-state index in [-0.39, 0.29) is 36.9 Å². The van der Waals surface area contributed by atoms with E-state index in [9.17, 15) is 18.4 Å². The molecular formula is C31H47F2N3O2. The lowest BCUT2D eigenvalue weighted by molar-refractivity contribution is -0.120. The molecule has 0 saturated heterocycles. The molecule has 2 atom stereocenters. The number of hydrogen-bond acceptors (Lipinski definition) is 3. The van der Waals surface area contributed by atoms with Gasteiger partial charge in [-0.25, -0.2) is 8.78 Å². The van der Waals surface area contributed by atoms with Crippen molar-refractivity contribution < 1.29 is 18.4 Å². The summed E-state index contributed by atoms with van der Waals surface area (Å²) in [5, 5.41) is 6.06. The second-order valence-electron chi connectivity index (χ2n) is 9.61. The first-order chi connectivity index (χ1) is 17.6. The van der Waals surface area contributed by atoms with Crippen LogP contribution in [0.15, 0.2) is 54.6 Å². The van der Waals surface area contributed by atoms with Gasteiger partial charge in [0.2, 0.25) is 12.3 Å². The predicted molar refractivity (Wildman–Crippen MR) is 155 cm³/mol. The van der Waals surface area contributed by atoms with Crippen molar-refractivity contribution in [3.63, 3.8) is 0 Å². The van der Waals surface area contributed by atoms with E-state index in [0.29, 0.717) is 24.7 Å². The first-order valence-electron chi connectivity index (χ1n) is 13.0. The molecule has 1 aliphatic rings. The van der Waals surface area contributed by atoms with E-state index in [1.165, 1.54) is 0 Å². The minimum absolute atomic E-state index is 0. The fourth-order valence-electron chi connectivity index (χ4n) is 4.13. The summed E-state index contributed by atoms with van der Waals surface area (Å²) in [5.41, 5.74) is 1.98. The largest absolute Gasteiger partial charge is 0.355 e. The molecule has 1 aliphatic heterocycles. The Morgan fingerprint density at radius 2 is 1.74 bits per heavy atom. The SMILES string of the molecule is C.CC.CCNC(=O)CN[C@H](CC)C(C)(C)C.O=CN1CC(c2cc(F)ccc2F)=C[C@H]1c1ccccc1. The van der Waals surface area contributed by atoms with E-state index in [4.69, 9.17) is 0 Å². The van der Waals surface area contributed by atoms with Crippen molar-refractivity contribution in [2.45, 2.75) is 74.4 Å². The van der Waals surface area contributed by atoms with Gasteiger partial charge in [-0.3, -0.25) is 9.59 Å². The van der Waals surface area contributed by atoms with Gasteiger partial charge in [-0.05, 0) is 48.1 Å². The van der Waals surface area contributed by atoms with E-state index in [1.54, 1.807) is 4.90 Å². The molecule has 0 spiro atoms. The van der Waals surface area contributed by atoms with Gasteiger partial charge in [-0.15, -0.1) is 0 Å². The molecule has 3 rings (SSSR count). The number of nitrogens with one attached hydrogen (secondary N) is 2. The Morgan fingerprint density at radius 1 is 1.11 bits per heavy atom. The number of halogens is 2. The fourth-order valence-corrected chi connectivity index (χ4v) is 4.13. The zero-order valence-electron chi connectivity index (χ0n) is 23.3. The standard InChI is InChI=1S/C17H13F2NO.C11H24N2O.C2H6.CH4/c18-14-6-7-16(19)15(9-14)13-8-17(20(10-13)11-21)12-4-2-1-3-5-12;1-6-9(11(3,4)5)13-8-10(14)12-7-2;1-2;/h1-9,11,17H,10H2;9,13H,6-8H2,1-5H3,(H,12,14);1-2H3;1H4/t17-;9-;;/m01../s1. The van der Waals surface area contributed by atoms with Crippen LogP contribution in [0.1, 0.15) is 79.5 Å². The Morgan fingerprint density at radius 3 is 2.26 bits per heavy atom. The van der Waals surface area contributed by atoms with Crippen LogP contribution in [-0.2, 0) is 9.59 Å². The van der Waals surface area contributed by atoms with Crippen LogP contribution in [0.2, 0.25) is 0 Å². The fraction of sp³-hybridized carbons (Fsp3) is 0.484. The maximum atomic E-state index is 13.9. The van der Waals surface area contributed by atoms with Gasteiger partial charge in [0.25, 0.3) is 0 Å². The molecular weight excluding hydrogens is 484 g/mol. The highest BCUT2D eigenvalue weighted by Crippen LogP contribution is 2.34. The molecule has 38 heavy (non-hydrogen) atoms. The molecule has 0 bridgehead atoms. The van der Waals surface area contributed by atoms with Crippen molar-refractivity contribution in [3.05, 3.63) is 77.4 Å². The number of amides is 2. The summed E-state index contributed by atoms with van der Waals surface area (Å²) in [4.78, 5) is 24.0. The maximum absolute atomic E-state index is 13.9. The van der Waals surface area contributed by atoms with E-state index in [2.05, 4.69) is 38.3 Å². The molecule has 2 amide bonds. The molecule has 1 heterocycles.